The summed E-state index contributed by atoms with van der Waals surface area (Å²) in [6.45, 7) is 0.376. The van der Waals surface area contributed by atoms with Gasteiger partial charge < -0.3 is 5.32 Å². The van der Waals surface area contributed by atoms with Gasteiger partial charge in [-0.05, 0) is 42.7 Å². The Bertz CT molecular complexity index is 1040. The molecule has 0 aromatic heterocycles. The van der Waals surface area contributed by atoms with Crippen LogP contribution in [0.3, 0.4) is 0 Å². The first kappa shape index (κ1) is 22.2. The van der Waals surface area contributed by atoms with Gasteiger partial charge in [0.2, 0.25) is 15.9 Å². The molecular formula is C21H21ClFN3O3S. The Hall–Kier alpha value is -2.47. The summed E-state index contributed by atoms with van der Waals surface area (Å²) in [4.78, 5) is 12.5. The third-order valence-electron chi connectivity index (χ3n) is 5.11. The van der Waals surface area contributed by atoms with Gasteiger partial charge in [-0.25, -0.2) is 17.1 Å². The highest BCUT2D eigenvalue weighted by molar-refractivity contribution is 7.88. The molecule has 6 nitrogen and oxygen atoms in total. The molecule has 0 spiro atoms. The van der Waals surface area contributed by atoms with Crippen LogP contribution in [0.4, 0.5) is 10.1 Å². The molecule has 0 bridgehead atoms. The summed E-state index contributed by atoms with van der Waals surface area (Å²) in [5.41, 5.74) is 1.45. The second kappa shape index (κ2) is 9.56. The van der Waals surface area contributed by atoms with Crippen molar-refractivity contribution in [1.82, 2.24) is 4.31 Å². The van der Waals surface area contributed by atoms with Gasteiger partial charge in [0.1, 0.15) is 5.82 Å². The number of nitrogens with zero attached hydrogens (tertiary/aromatic N) is 2. The van der Waals surface area contributed by atoms with Gasteiger partial charge in [-0.15, -0.1) is 0 Å². The van der Waals surface area contributed by atoms with Crippen LogP contribution in [0.15, 0.2) is 42.5 Å². The minimum Gasteiger partial charge on any atom is -0.326 e. The molecule has 30 heavy (non-hydrogen) atoms. The number of anilines is 1. The molecule has 0 radical (unpaired) electrons. The highest BCUT2D eigenvalue weighted by Gasteiger charge is 2.32. The van der Waals surface area contributed by atoms with Crippen LogP contribution in [0.25, 0.3) is 0 Å². The van der Waals surface area contributed by atoms with E-state index < -0.39 is 21.6 Å². The van der Waals surface area contributed by atoms with E-state index >= 15 is 0 Å². The van der Waals surface area contributed by atoms with Crippen LogP contribution >= 0.6 is 11.6 Å². The SMILES string of the molecule is N#CCc1ccc(NC(=O)C2CCN(S(=O)(=O)Cc3c(F)cccc3Cl)CC2)cc1. The number of amides is 1. The van der Waals surface area contributed by atoms with Crippen molar-refractivity contribution in [3.63, 3.8) is 0 Å². The van der Waals surface area contributed by atoms with Gasteiger partial charge in [0.05, 0.1) is 18.2 Å². The number of nitriles is 1. The molecule has 3 rings (SSSR count). The summed E-state index contributed by atoms with van der Waals surface area (Å²) >= 11 is 5.95. The van der Waals surface area contributed by atoms with Gasteiger partial charge in [0.25, 0.3) is 0 Å². The fourth-order valence-electron chi connectivity index (χ4n) is 3.38. The molecule has 0 atom stereocenters. The number of hydrogen-bond acceptors (Lipinski definition) is 4. The minimum absolute atomic E-state index is 0.0427. The number of carbonyl (C=O) groups is 1. The molecule has 9 heteroatoms. The Kier molecular flexibility index (Phi) is 7.08. The van der Waals surface area contributed by atoms with Crippen LogP contribution in [0.1, 0.15) is 24.0 Å². The van der Waals surface area contributed by atoms with Gasteiger partial charge in [0, 0.05) is 35.3 Å². The van der Waals surface area contributed by atoms with Crippen molar-refractivity contribution in [1.29, 1.82) is 5.26 Å². The number of piperidine rings is 1. The lowest BCUT2D eigenvalue weighted by Crippen LogP contribution is -2.42. The van der Waals surface area contributed by atoms with E-state index in [0.29, 0.717) is 24.9 Å². The van der Waals surface area contributed by atoms with Crippen molar-refractivity contribution >= 4 is 33.2 Å². The van der Waals surface area contributed by atoms with Crippen molar-refractivity contribution < 1.29 is 17.6 Å². The van der Waals surface area contributed by atoms with Gasteiger partial charge in [-0.1, -0.05) is 29.8 Å². The molecule has 1 saturated heterocycles. The number of hydrogen-bond donors (Lipinski definition) is 1. The van der Waals surface area contributed by atoms with E-state index in [2.05, 4.69) is 11.4 Å². The molecule has 1 N–H and O–H groups in total. The molecule has 1 heterocycles. The summed E-state index contributed by atoms with van der Waals surface area (Å²) in [6, 6.07) is 13.2. The Balaban J connectivity index is 1.57. The quantitative estimate of drug-likeness (QED) is 0.727. The second-order valence-electron chi connectivity index (χ2n) is 7.15. The Labute approximate surface area is 180 Å². The Morgan fingerprint density at radius 3 is 2.47 bits per heavy atom. The van der Waals surface area contributed by atoms with Crippen molar-refractivity contribution in [2.24, 2.45) is 5.92 Å². The summed E-state index contributed by atoms with van der Waals surface area (Å²) in [7, 11) is -3.75. The molecule has 158 valence electrons. The molecule has 1 aliphatic heterocycles. The first-order valence-electron chi connectivity index (χ1n) is 9.47. The van der Waals surface area contributed by atoms with E-state index in [1.807, 2.05) is 0 Å². The van der Waals surface area contributed by atoms with Gasteiger partial charge in [-0.3, -0.25) is 4.79 Å². The fraction of sp³-hybridized carbons (Fsp3) is 0.333. The zero-order valence-corrected chi connectivity index (χ0v) is 17.7. The van der Waals surface area contributed by atoms with E-state index in [0.717, 1.165) is 5.56 Å². The predicted octanol–water partition coefficient (Wildman–Crippen LogP) is 3.73. The van der Waals surface area contributed by atoms with E-state index in [1.165, 1.54) is 22.5 Å². The van der Waals surface area contributed by atoms with Gasteiger partial charge in [0.15, 0.2) is 0 Å². The van der Waals surface area contributed by atoms with E-state index in [4.69, 9.17) is 16.9 Å². The smallest absolute Gasteiger partial charge is 0.227 e. The summed E-state index contributed by atoms with van der Waals surface area (Å²) in [5.74, 6) is -1.64. The first-order chi connectivity index (χ1) is 14.3. The Morgan fingerprint density at radius 1 is 1.20 bits per heavy atom. The van der Waals surface area contributed by atoms with Crippen LogP contribution < -0.4 is 5.32 Å². The molecule has 0 saturated carbocycles. The zero-order chi connectivity index (χ0) is 21.7. The highest BCUT2D eigenvalue weighted by Crippen LogP contribution is 2.26. The molecule has 1 amide bonds. The Morgan fingerprint density at radius 2 is 1.87 bits per heavy atom. The van der Waals surface area contributed by atoms with E-state index in [-0.39, 0.29) is 35.5 Å². The van der Waals surface area contributed by atoms with E-state index in [1.54, 1.807) is 24.3 Å². The number of sulfonamides is 1. The topological polar surface area (TPSA) is 90.3 Å². The fourth-order valence-corrected chi connectivity index (χ4v) is 5.30. The molecule has 1 aliphatic rings. The summed E-state index contributed by atoms with van der Waals surface area (Å²) < 4.78 is 40.6. The van der Waals surface area contributed by atoms with Crippen LogP contribution in [-0.4, -0.2) is 31.7 Å². The van der Waals surface area contributed by atoms with E-state index in [9.17, 15) is 17.6 Å². The summed E-state index contributed by atoms with van der Waals surface area (Å²) in [6.07, 6.45) is 1.06. The minimum atomic E-state index is -3.75. The molecule has 2 aromatic rings. The highest BCUT2D eigenvalue weighted by atomic mass is 35.5. The number of carbonyl (C=O) groups excluding carboxylic acids is 1. The van der Waals surface area contributed by atoms with Gasteiger partial charge in [-0.2, -0.15) is 5.26 Å². The number of benzene rings is 2. The van der Waals surface area contributed by atoms with Crippen LogP contribution in [0.5, 0.6) is 0 Å². The first-order valence-corrected chi connectivity index (χ1v) is 11.5. The third kappa shape index (κ3) is 5.36. The number of nitrogens with one attached hydrogen (secondary N) is 1. The maximum absolute atomic E-state index is 14.0. The molecular weight excluding hydrogens is 429 g/mol. The van der Waals surface area contributed by atoms with Crippen molar-refractivity contribution in [2.45, 2.75) is 25.0 Å². The van der Waals surface area contributed by atoms with Gasteiger partial charge >= 0.3 is 0 Å². The molecule has 0 unspecified atom stereocenters. The van der Waals surface area contributed by atoms with Crippen LogP contribution in [0, 0.1) is 23.1 Å². The largest absolute Gasteiger partial charge is 0.326 e. The third-order valence-corrected chi connectivity index (χ3v) is 7.27. The average Bonchev–Trinajstić information content (AvgIpc) is 2.72. The maximum atomic E-state index is 14.0. The van der Waals surface area contributed by atoms with Crippen LogP contribution in [-0.2, 0) is 27.0 Å². The normalized spacial score (nSPS) is 15.5. The summed E-state index contributed by atoms with van der Waals surface area (Å²) in [5, 5.41) is 11.6. The zero-order valence-electron chi connectivity index (χ0n) is 16.1. The number of rotatable bonds is 6. The second-order valence-corrected chi connectivity index (χ2v) is 9.53. The molecule has 2 aromatic carbocycles. The molecule has 1 fully saturated rings. The monoisotopic (exact) mass is 449 g/mol. The number of halogens is 2. The molecule has 0 aliphatic carbocycles. The van der Waals surface area contributed by atoms with Crippen molar-refractivity contribution in [3.8, 4) is 6.07 Å². The van der Waals surface area contributed by atoms with Crippen molar-refractivity contribution in [2.75, 3.05) is 18.4 Å². The predicted molar refractivity (Wildman–Crippen MR) is 113 cm³/mol. The van der Waals surface area contributed by atoms with Crippen LogP contribution in [0.2, 0.25) is 5.02 Å². The lowest BCUT2D eigenvalue weighted by molar-refractivity contribution is -0.120. The average molecular weight is 450 g/mol. The van der Waals surface area contributed by atoms with Crippen molar-refractivity contribution in [3.05, 3.63) is 64.4 Å². The lowest BCUT2D eigenvalue weighted by Gasteiger charge is -2.30. The standard InChI is InChI=1S/C21H21ClFN3O3S/c22-19-2-1-3-20(23)18(19)14-30(28,29)26-12-9-16(10-13-26)21(27)25-17-6-4-15(5-7-17)8-11-24/h1-7,16H,8-10,12-14H2,(H,25,27). The maximum Gasteiger partial charge on any atom is 0.227 e. The lowest BCUT2D eigenvalue weighted by atomic mass is 9.97.